The van der Waals surface area contributed by atoms with E-state index in [4.69, 9.17) is 39.8 Å². The monoisotopic (exact) mass is 731 g/mol. The molecule has 0 bridgehead atoms. The van der Waals surface area contributed by atoms with Crippen molar-refractivity contribution in [3.63, 3.8) is 0 Å². The van der Waals surface area contributed by atoms with E-state index in [0.29, 0.717) is 61.0 Å². The number of anilines is 4. The molecule has 3 N–H and O–H groups in total. The number of nitrogens with zero attached hydrogens (tertiary/aromatic N) is 2. The molecule has 0 saturated heterocycles. The van der Waals surface area contributed by atoms with Crippen molar-refractivity contribution in [3.05, 3.63) is 150 Å². The Kier molecular flexibility index (Phi) is 9.61. The highest BCUT2D eigenvalue weighted by Gasteiger charge is 2.17. The summed E-state index contributed by atoms with van der Waals surface area (Å²) >= 11 is 22.5. The number of hydrogen-bond acceptors (Lipinski definition) is 5. The Morgan fingerprint density at radius 3 is 2.20 bits per heavy atom. The molecule has 5 aromatic carbocycles. The summed E-state index contributed by atoms with van der Waals surface area (Å²) in [5.74, 6) is 0.296. The topological polar surface area (TPSA) is 88.1 Å². The van der Waals surface area contributed by atoms with Gasteiger partial charge in [0.2, 0.25) is 5.91 Å². The van der Waals surface area contributed by atoms with Crippen molar-refractivity contribution in [2.24, 2.45) is 0 Å². The standard InChI is InChI=1S/C35H25BrCl3N5O2/c36-22-12-17-30-25(19-22)35(46)44(24-15-13-23(14-16-24)40-20-33(45)42-31-11-4-2-7-26(31)37)32(41-30)18-21-6-1-3-10-29(21)43-34-27(38)8-5-9-28(34)39/h1-17,19,40,43H,18,20H2,(H,42,45). The predicted molar refractivity (Wildman–Crippen MR) is 193 cm³/mol. The van der Waals surface area contributed by atoms with E-state index in [2.05, 4.69) is 31.9 Å². The Morgan fingerprint density at radius 1 is 0.783 bits per heavy atom. The Labute approximate surface area is 288 Å². The first-order valence-electron chi connectivity index (χ1n) is 14.2. The zero-order valence-electron chi connectivity index (χ0n) is 24.0. The van der Waals surface area contributed by atoms with E-state index in [1.165, 1.54) is 0 Å². The number of fused-ring (bicyclic) bond motifs is 1. The molecule has 0 fully saturated rings. The summed E-state index contributed by atoms with van der Waals surface area (Å²) in [6.45, 7) is 0.0283. The van der Waals surface area contributed by atoms with Gasteiger partial charge in [0.05, 0.1) is 49.6 Å². The van der Waals surface area contributed by atoms with E-state index in [-0.39, 0.29) is 18.0 Å². The molecular weight excluding hydrogens is 709 g/mol. The first-order valence-corrected chi connectivity index (χ1v) is 16.1. The number of amides is 1. The van der Waals surface area contributed by atoms with Gasteiger partial charge in [-0.3, -0.25) is 14.2 Å². The van der Waals surface area contributed by atoms with Crippen molar-refractivity contribution in [2.75, 3.05) is 22.5 Å². The van der Waals surface area contributed by atoms with Crippen LogP contribution in [0.5, 0.6) is 0 Å². The van der Waals surface area contributed by atoms with E-state index < -0.39 is 0 Å². The summed E-state index contributed by atoms with van der Waals surface area (Å²) in [5.41, 5.74) is 4.51. The highest BCUT2D eigenvalue weighted by atomic mass is 79.9. The maximum atomic E-state index is 14.0. The van der Waals surface area contributed by atoms with E-state index in [1.54, 1.807) is 53.1 Å². The number of rotatable bonds is 9. The smallest absolute Gasteiger partial charge is 0.266 e. The highest BCUT2D eigenvalue weighted by molar-refractivity contribution is 9.10. The lowest BCUT2D eigenvalue weighted by molar-refractivity contribution is -0.114. The minimum absolute atomic E-state index is 0.0283. The highest BCUT2D eigenvalue weighted by Crippen LogP contribution is 2.34. The first-order chi connectivity index (χ1) is 22.3. The van der Waals surface area contributed by atoms with Gasteiger partial charge in [-0.2, -0.15) is 0 Å². The normalized spacial score (nSPS) is 11.0. The first kappa shape index (κ1) is 31.6. The van der Waals surface area contributed by atoms with Gasteiger partial charge in [0.25, 0.3) is 5.56 Å². The van der Waals surface area contributed by atoms with Crippen molar-refractivity contribution in [1.82, 2.24) is 9.55 Å². The Hall–Kier alpha value is -4.34. The molecule has 0 spiro atoms. The molecule has 1 amide bonds. The van der Waals surface area contributed by atoms with Gasteiger partial charge in [0.1, 0.15) is 5.82 Å². The molecule has 11 heteroatoms. The summed E-state index contributed by atoms with van der Waals surface area (Å²) in [5, 5.41) is 11.2. The van der Waals surface area contributed by atoms with E-state index in [0.717, 1.165) is 15.7 Å². The van der Waals surface area contributed by atoms with Crippen LogP contribution in [0.25, 0.3) is 16.6 Å². The van der Waals surface area contributed by atoms with Crippen LogP contribution < -0.4 is 21.5 Å². The number of halogens is 4. The van der Waals surface area contributed by atoms with Crippen LogP contribution in [0.2, 0.25) is 15.1 Å². The molecule has 6 rings (SSSR count). The second-order valence-corrected chi connectivity index (χ2v) is 12.5. The van der Waals surface area contributed by atoms with Crippen molar-refractivity contribution in [3.8, 4) is 5.69 Å². The summed E-state index contributed by atoms with van der Waals surface area (Å²) in [4.78, 5) is 31.5. The van der Waals surface area contributed by atoms with Gasteiger partial charge in [0.15, 0.2) is 0 Å². The molecule has 1 aromatic heterocycles. The minimum Gasteiger partial charge on any atom is -0.376 e. The molecule has 0 aliphatic rings. The van der Waals surface area contributed by atoms with Gasteiger partial charge in [-0.1, -0.05) is 87.1 Å². The molecule has 46 heavy (non-hydrogen) atoms. The fraction of sp³-hybridized carbons (Fsp3) is 0.0571. The average molecular weight is 734 g/mol. The van der Waals surface area contributed by atoms with Gasteiger partial charge in [-0.25, -0.2) is 4.98 Å². The molecule has 230 valence electrons. The third kappa shape index (κ3) is 7.06. The van der Waals surface area contributed by atoms with Gasteiger partial charge in [-0.15, -0.1) is 0 Å². The molecular formula is C35H25BrCl3N5O2. The predicted octanol–water partition coefficient (Wildman–Crippen LogP) is 9.49. The Bertz CT molecular complexity index is 2120. The van der Waals surface area contributed by atoms with Crippen molar-refractivity contribution in [2.45, 2.75) is 6.42 Å². The maximum Gasteiger partial charge on any atom is 0.266 e. The van der Waals surface area contributed by atoms with Gasteiger partial charge in [-0.05, 0) is 78.4 Å². The third-order valence-electron chi connectivity index (χ3n) is 7.21. The zero-order chi connectivity index (χ0) is 32.2. The molecule has 0 atom stereocenters. The van der Waals surface area contributed by atoms with Crippen molar-refractivity contribution < 1.29 is 4.79 Å². The van der Waals surface area contributed by atoms with Crippen LogP contribution in [0.1, 0.15) is 11.4 Å². The molecule has 0 radical (unpaired) electrons. The fourth-order valence-corrected chi connectivity index (χ4v) is 6.01. The van der Waals surface area contributed by atoms with Crippen molar-refractivity contribution in [1.29, 1.82) is 0 Å². The number of benzene rings is 5. The second-order valence-electron chi connectivity index (χ2n) is 10.3. The summed E-state index contributed by atoms with van der Waals surface area (Å²) in [7, 11) is 0. The van der Waals surface area contributed by atoms with Crippen LogP contribution >= 0.6 is 50.7 Å². The molecule has 1 heterocycles. The summed E-state index contributed by atoms with van der Waals surface area (Å²) < 4.78 is 2.39. The van der Waals surface area contributed by atoms with Crippen molar-refractivity contribution >= 4 is 90.3 Å². The quantitative estimate of drug-likeness (QED) is 0.138. The largest absolute Gasteiger partial charge is 0.376 e. The summed E-state index contributed by atoms with van der Waals surface area (Å²) in [6, 6.07) is 32.8. The van der Waals surface area contributed by atoms with Crippen LogP contribution in [0.15, 0.2) is 118 Å². The van der Waals surface area contributed by atoms with Crippen LogP contribution in [-0.4, -0.2) is 22.0 Å². The lowest BCUT2D eigenvalue weighted by atomic mass is 10.1. The molecule has 0 aliphatic carbocycles. The van der Waals surface area contributed by atoms with Crippen LogP contribution in [0, 0.1) is 0 Å². The lowest BCUT2D eigenvalue weighted by Gasteiger charge is -2.17. The fourth-order valence-electron chi connectivity index (χ4n) is 4.97. The van der Waals surface area contributed by atoms with Crippen LogP contribution in [0.4, 0.5) is 22.7 Å². The third-order valence-corrected chi connectivity index (χ3v) is 8.67. The minimum atomic E-state index is -0.245. The number of para-hydroxylation sites is 3. The SMILES string of the molecule is O=C(CNc1ccc(-n2c(Cc3ccccc3Nc3c(Cl)cccc3Cl)nc3ccc(Br)cc3c2=O)cc1)Nc1ccccc1Cl. The van der Waals surface area contributed by atoms with E-state index in [1.807, 2.05) is 60.7 Å². The number of carbonyl (C=O) groups is 1. The molecule has 0 saturated carbocycles. The molecule has 7 nitrogen and oxygen atoms in total. The number of carbonyl (C=O) groups excluding carboxylic acids is 1. The van der Waals surface area contributed by atoms with Gasteiger partial charge >= 0.3 is 0 Å². The zero-order valence-corrected chi connectivity index (χ0v) is 27.9. The van der Waals surface area contributed by atoms with E-state index in [9.17, 15) is 9.59 Å². The van der Waals surface area contributed by atoms with E-state index >= 15 is 0 Å². The molecule has 6 aromatic rings. The lowest BCUT2D eigenvalue weighted by Crippen LogP contribution is -2.24. The number of hydrogen-bond donors (Lipinski definition) is 3. The Balaban J connectivity index is 1.31. The van der Waals surface area contributed by atoms with Crippen LogP contribution in [-0.2, 0) is 11.2 Å². The summed E-state index contributed by atoms with van der Waals surface area (Å²) in [6.07, 6.45) is 0.328. The molecule has 0 aliphatic heterocycles. The van der Waals surface area contributed by atoms with Crippen LogP contribution in [0.3, 0.4) is 0 Å². The van der Waals surface area contributed by atoms with Gasteiger partial charge in [0, 0.05) is 22.3 Å². The maximum absolute atomic E-state index is 14.0. The van der Waals surface area contributed by atoms with Gasteiger partial charge < -0.3 is 16.0 Å². The average Bonchev–Trinajstić information content (AvgIpc) is 3.05. The Morgan fingerprint density at radius 2 is 1.46 bits per heavy atom. The molecule has 0 unspecified atom stereocenters. The second kappa shape index (κ2) is 14.0. The number of nitrogens with one attached hydrogen (secondary N) is 3. The number of aromatic nitrogens is 2.